The number of hydrogen-bond donors (Lipinski definition) is 0. The summed E-state index contributed by atoms with van der Waals surface area (Å²) in [7, 11) is 3.38. The van der Waals surface area contributed by atoms with Gasteiger partial charge >= 0.3 is 5.97 Å². The highest BCUT2D eigenvalue weighted by atomic mass is 16.5. The molecule has 0 rings (SSSR count). The second-order valence-electron chi connectivity index (χ2n) is 3.58. The highest BCUT2D eigenvalue weighted by Crippen LogP contribution is 1.94. The van der Waals surface area contributed by atoms with E-state index in [4.69, 9.17) is 9.47 Å². The van der Waals surface area contributed by atoms with Crippen molar-refractivity contribution in [2.75, 3.05) is 40.5 Å². The molecule has 0 atom stereocenters. The van der Waals surface area contributed by atoms with Gasteiger partial charge in [0.2, 0.25) is 0 Å². The fourth-order valence-electron chi connectivity index (χ4n) is 1.18. The Morgan fingerprint density at radius 1 is 1.19 bits per heavy atom. The smallest absolute Gasteiger partial charge is 0.307 e. The maximum Gasteiger partial charge on any atom is 0.307 e. The summed E-state index contributed by atoms with van der Waals surface area (Å²) in [4.78, 5) is 24.1. The van der Waals surface area contributed by atoms with Gasteiger partial charge in [-0.3, -0.25) is 9.59 Å². The predicted octanol–water partition coefficient (Wildman–Crippen LogP) is 0.477. The van der Waals surface area contributed by atoms with Crippen molar-refractivity contribution in [1.29, 1.82) is 0 Å². The van der Waals surface area contributed by atoms with Crippen LogP contribution in [0.5, 0.6) is 0 Å². The number of rotatable bonds is 9. The predicted molar refractivity (Wildman–Crippen MR) is 60.2 cm³/mol. The van der Waals surface area contributed by atoms with Crippen LogP contribution in [0, 0.1) is 0 Å². The second kappa shape index (κ2) is 9.30. The molecule has 5 heteroatoms. The second-order valence-corrected chi connectivity index (χ2v) is 3.58. The van der Waals surface area contributed by atoms with Gasteiger partial charge in [-0.05, 0) is 14.0 Å². The lowest BCUT2D eigenvalue weighted by Crippen LogP contribution is -2.26. The van der Waals surface area contributed by atoms with Crippen LogP contribution in [0.4, 0.5) is 0 Å². The Balaban J connectivity index is 3.54. The summed E-state index contributed by atoms with van der Waals surface area (Å²) < 4.78 is 9.53. The zero-order valence-corrected chi connectivity index (χ0v) is 10.3. The van der Waals surface area contributed by atoms with Crippen LogP contribution in [-0.2, 0) is 19.1 Å². The molecular formula is C11H21NO4. The van der Waals surface area contributed by atoms with Crippen molar-refractivity contribution in [1.82, 2.24) is 4.90 Å². The maximum atomic E-state index is 11.1. The van der Waals surface area contributed by atoms with Crippen molar-refractivity contribution in [3.05, 3.63) is 0 Å². The van der Waals surface area contributed by atoms with Gasteiger partial charge in [0, 0.05) is 26.6 Å². The van der Waals surface area contributed by atoms with Gasteiger partial charge in [0.05, 0.1) is 13.0 Å². The van der Waals surface area contributed by atoms with E-state index in [-0.39, 0.29) is 18.4 Å². The molecule has 16 heavy (non-hydrogen) atoms. The Labute approximate surface area is 96.7 Å². The van der Waals surface area contributed by atoms with Crippen molar-refractivity contribution in [2.45, 2.75) is 19.8 Å². The third-order valence-electron chi connectivity index (χ3n) is 2.08. The molecule has 0 aliphatic carbocycles. The molecule has 0 saturated carbocycles. The van der Waals surface area contributed by atoms with E-state index >= 15 is 0 Å². The van der Waals surface area contributed by atoms with Crippen molar-refractivity contribution < 1.29 is 19.1 Å². The van der Waals surface area contributed by atoms with Gasteiger partial charge in [-0.25, -0.2) is 0 Å². The first kappa shape index (κ1) is 15.1. The number of nitrogens with zero attached hydrogens (tertiary/aromatic N) is 1. The Bertz CT molecular complexity index is 196. The molecule has 94 valence electrons. The average Bonchev–Trinajstić information content (AvgIpc) is 2.24. The van der Waals surface area contributed by atoms with Crippen molar-refractivity contribution in [3.63, 3.8) is 0 Å². The number of hydrogen-bond acceptors (Lipinski definition) is 5. The van der Waals surface area contributed by atoms with Crippen LogP contribution in [0.2, 0.25) is 0 Å². The normalized spacial score (nSPS) is 10.5. The van der Waals surface area contributed by atoms with Gasteiger partial charge in [-0.15, -0.1) is 0 Å². The standard InChI is InChI=1S/C11H21NO4/c1-4-16-11(14)6-8-12(2)7-5-10(13)9-15-3/h4-9H2,1-3H3. The molecule has 0 fully saturated rings. The van der Waals surface area contributed by atoms with E-state index in [0.717, 1.165) is 0 Å². The summed E-state index contributed by atoms with van der Waals surface area (Å²) >= 11 is 0. The maximum absolute atomic E-state index is 11.1. The summed E-state index contributed by atoms with van der Waals surface area (Å²) in [6, 6.07) is 0. The van der Waals surface area contributed by atoms with Crippen LogP contribution in [0.3, 0.4) is 0 Å². The molecule has 0 aliphatic rings. The molecule has 0 unspecified atom stereocenters. The minimum absolute atomic E-state index is 0.0745. The van der Waals surface area contributed by atoms with Crippen LogP contribution in [0.1, 0.15) is 19.8 Å². The zero-order chi connectivity index (χ0) is 12.4. The number of carbonyl (C=O) groups is 2. The highest BCUT2D eigenvalue weighted by molar-refractivity contribution is 5.79. The summed E-state index contributed by atoms with van der Waals surface area (Å²) in [5.41, 5.74) is 0. The molecule has 0 aromatic rings. The van der Waals surface area contributed by atoms with Crippen LogP contribution < -0.4 is 0 Å². The topological polar surface area (TPSA) is 55.8 Å². The zero-order valence-electron chi connectivity index (χ0n) is 10.3. The molecule has 0 amide bonds. The molecule has 0 aliphatic heterocycles. The van der Waals surface area contributed by atoms with Gasteiger partial charge < -0.3 is 14.4 Å². The highest BCUT2D eigenvalue weighted by Gasteiger charge is 2.07. The van der Waals surface area contributed by atoms with Gasteiger partial charge in [0.1, 0.15) is 6.61 Å². The van der Waals surface area contributed by atoms with Crippen LogP contribution in [0.15, 0.2) is 0 Å². The third kappa shape index (κ3) is 8.38. The molecule has 0 aromatic heterocycles. The number of methoxy groups -OCH3 is 1. The Morgan fingerprint density at radius 2 is 1.81 bits per heavy atom. The SMILES string of the molecule is CCOC(=O)CCN(C)CCC(=O)COC. The van der Waals surface area contributed by atoms with Crippen LogP contribution >= 0.6 is 0 Å². The van der Waals surface area contributed by atoms with Crippen molar-refractivity contribution in [3.8, 4) is 0 Å². The molecule has 0 saturated heterocycles. The summed E-state index contributed by atoms with van der Waals surface area (Å²) in [6.45, 7) is 3.60. The number of ketones is 1. The number of carbonyl (C=O) groups excluding carboxylic acids is 2. The summed E-state index contributed by atoms with van der Waals surface area (Å²) in [5, 5.41) is 0. The molecule has 0 radical (unpaired) electrons. The number of Topliss-reactive ketones (excluding diaryl/α,β-unsaturated/α-hetero) is 1. The lowest BCUT2D eigenvalue weighted by atomic mass is 10.3. The van der Waals surface area contributed by atoms with Gasteiger partial charge in [-0.2, -0.15) is 0 Å². The van der Waals surface area contributed by atoms with Crippen molar-refractivity contribution >= 4 is 11.8 Å². The molecule has 0 aromatic carbocycles. The van der Waals surface area contributed by atoms with Crippen LogP contribution in [-0.4, -0.2) is 57.1 Å². The number of esters is 1. The molecule has 0 heterocycles. The Kier molecular flexibility index (Phi) is 8.75. The molecule has 0 bridgehead atoms. The van der Waals surface area contributed by atoms with Gasteiger partial charge in [0.25, 0.3) is 0 Å². The summed E-state index contributed by atoms with van der Waals surface area (Å²) in [5.74, 6) is -0.122. The van der Waals surface area contributed by atoms with Crippen LogP contribution in [0.25, 0.3) is 0 Å². The largest absolute Gasteiger partial charge is 0.466 e. The number of ether oxygens (including phenoxy) is 2. The molecule has 0 N–H and O–H groups in total. The quantitative estimate of drug-likeness (QED) is 0.540. The van der Waals surface area contributed by atoms with E-state index in [1.807, 2.05) is 11.9 Å². The average molecular weight is 231 g/mol. The van der Waals surface area contributed by atoms with Crippen molar-refractivity contribution in [2.24, 2.45) is 0 Å². The van der Waals surface area contributed by atoms with E-state index in [9.17, 15) is 9.59 Å². The monoisotopic (exact) mass is 231 g/mol. The van der Waals surface area contributed by atoms with Gasteiger partial charge in [-0.1, -0.05) is 0 Å². The van der Waals surface area contributed by atoms with E-state index in [2.05, 4.69) is 0 Å². The van der Waals surface area contributed by atoms with Gasteiger partial charge in [0.15, 0.2) is 5.78 Å². The summed E-state index contributed by atoms with van der Waals surface area (Å²) in [6.07, 6.45) is 0.815. The third-order valence-corrected chi connectivity index (χ3v) is 2.08. The van der Waals surface area contributed by atoms with E-state index in [1.54, 1.807) is 6.92 Å². The Morgan fingerprint density at radius 3 is 2.38 bits per heavy atom. The molecule has 5 nitrogen and oxygen atoms in total. The lowest BCUT2D eigenvalue weighted by molar-refractivity contribution is -0.143. The van der Waals surface area contributed by atoms with E-state index in [0.29, 0.717) is 32.5 Å². The fourth-order valence-corrected chi connectivity index (χ4v) is 1.18. The molecule has 0 spiro atoms. The Hall–Kier alpha value is -0.940. The fraction of sp³-hybridized carbons (Fsp3) is 0.818. The lowest BCUT2D eigenvalue weighted by Gasteiger charge is -2.15. The molecular weight excluding hydrogens is 210 g/mol. The first-order valence-electron chi connectivity index (χ1n) is 5.45. The minimum Gasteiger partial charge on any atom is -0.466 e. The first-order valence-corrected chi connectivity index (χ1v) is 5.45. The first-order chi connectivity index (χ1) is 7.60. The van der Waals surface area contributed by atoms with E-state index in [1.165, 1.54) is 7.11 Å². The minimum atomic E-state index is -0.197. The van der Waals surface area contributed by atoms with E-state index < -0.39 is 0 Å².